The number of fused-ring (bicyclic) bond motifs is 1. The zero-order valence-electron chi connectivity index (χ0n) is 10.7. The van der Waals surface area contributed by atoms with Gasteiger partial charge in [0.2, 0.25) is 0 Å². The lowest BCUT2D eigenvalue weighted by Gasteiger charge is -2.07. The molecule has 2 aromatic heterocycles. The van der Waals surface area contributed by atoms with Crippen molar-refractivity contribution in [3.05, 3.63) is 53.3 Å². The Morgan fingerprint density at radius 2 is 2.00 bits per heavy atom. The Kier molecular flexibility index (Phi) is 2.91. The maximum atomic E-state index is 6.22. The molecule has 0 saturated heterocycles. The first kappa shape index (κ1) is 12.1. The Morgan fingerprint density at radius 1 is 1.21 bits per heavy atom. The van der Waals surface area contributed by atoms with Gasteiger partial charge in [0.25, 0.3) is 0 Å². The molecule has 0 aliphatic carbocycles. The molecule has 0 unspecified atom stereocenters. The Morgan fingerprint density at radius 3 is 2.79 bits per heavy atom. The number of benzene rings is 1. The first-order valence-electron chi connectivity index (χ1n) is 5.98. The molecule has 0 spiro atoms. The molecule has 3 aromatic rings. The number of ether oxygens (including phenoxy) is 1. The largest absolute Gasteiger partial charge is 0.496 e. The van der Waals surface area contributed by atoms with E-state index in [2.05, 4.69) is 4.98 Å². The average Bonchev–Trinajstić information content (AvgIpc) is 2.75. The summed E-state index contributed by atoms with van der Waals surface area (Å²) in [6.07, 6.45) is 1.98. The molecule has 0 N–H and O–H groups in total. The summed E-state index contributed by atoms with van der Waals surface area (Å²) < 4.78 is 7.36. The van der Waals surface area contributed by atoms with Gasteiger partial charge in [0, 0.05) is 6.20 Å². The van der Waals surface area contributed by atoms with Crippen molar-refractivity contribution in [2.24, 2.45) is 0 Å². The van der Waals surface area contributed by atoms with Crippen molar-refractivity contribution in [1.29, 1.82) is 0 Å². The van der Waals surface area contributed by atoms with Gasteiger partial charge in [0.05, 0.1) is 18.2 Å². The number of aromatic nitrogens is 2. The van der Waals surface area contributed by atoms with Crippen LogP contribution in [0.3, 0.4) is 0 Å². The summed E-state index contributed by atoms with van der Waals surface area (Å²) in [7, 11) is 1.65. The van der Waals surface area contributed by atoms with Crippen LogP contribution in [0.1, 0.15) is 5.56 Å². The molecular weight excluding hydrogens is 260 g/mol. The van der Waals surface area contributed by atoms with Crippen molar-refractivity contribution < 1.29 is 4.74 Å². The monoisotopic (exact) mass is 272 g/mol. The lowest BCUT2D eigenvalue weighted by atomic mass is 10.2. The maximum absolute atomic E-state index is 6.22. The number of imidazole rings is 1. The predicted octanol–water partition coefficient (Wildman–Crippen LogP) is 3.97. The zero-order valence-corrected chi connectivity index (χ0v) is 11.5. The Balaban J connectivity index is 2.31. The van der Waals surface area contributed by atoms with Crippen molar-refractivity contribution in [3.8, 4) is 17.1 Å². The predicted molar refractivity (Wildman–Crippen MR) is 76.9 cm³/mol. The second kappa shape index (κ2) is 4.59. The van der Waals surface area contributed by atoms with Crippen molar-refractivity contribution in [2.45, 2.75) is 6.92 Å². The highest BCUT2D eigenvalue weighted by Crippen LogP contribution is 2.32. The summed E-state index contributed by atoms with van der Waals surface area (Å²) in [5.41, 5.74) is 2.99. The second-order valence-electron chi connectivity index (χ2n) is 4.39. The Hall–Kier alpha value is -2.00. The number of para-hydroxylation sites is 1. The molecule has 19 heavy (non-hydrogen) atoms. The van der Waals surface area contributed by atoms with Crippen molar-refractivity contribution in [3.63, 3.8) is 0 Å². The van der Waals surface area contributed by atoms with Gasteiger partial charge >= 0.3 is 0 Å². The lowest BCUT2D eigenvalue weighted by molar-refractivity contribution is 0.416. The lowest BCUT2D eigenvalue weighted by Crippen LogP contribution is -1.93. The van der Waals surface area contributed by atoms with E-state index in [1.165, 1.54) is 0 Å². The van der Waals surface area contributed by atoms with E-state index in [4.69, 9.17) is 16.3 Å². The van der Waals surface area contributed by atoms with E-state index in [1.54, 1.807) is 7.11 Å². The summed E-state index contributed by atoms with van der Waals surface area (Å²) >= 11 is 6.22. The zero-order chi connectivity index (χ0) is 13.4. The molecule has 3 rings (SSSR count). The van der Waals surface area contributed by atoms with E-state index < -0.39 is 0 Å². The highest BCUT2D eigenvalue weighted by Gasteiger charge is 2.14. The van der Waals surface area contributed by atoms with Crippen LogP contribution in [0.4, 0.5) is 0 Å². The van der Waals surface area contributed by atoms with Crippen LogP contribution in [-0.4, -0.2) is 16.5 Å². The molecule has 0 saturated carbocycles. The van der Waals surface area contributed by atoms with Crippen LogP contribution >= 0.6 is 11.6 Å². The van der Waals surface area contributed by atoms with Gasteiger partial charge in [-0.1, -0.05) is 23.7 Å². The summed E-state index contributed by atoms with van der Waals surface area (Å²) in [6.45, 7) is 2.03. The maximum Gasteiger partial charge on any atom is 0.155 e. The van der Waals surface area contributed by atoms with E-state index in [1.807, 2.05) is 53.9 Å². The van der Waals surface area contributed by atoms with Crippen molar-refractivity contribution in [2.75, 3.05) is 7.11 Å². The number of aryl methyl sites for hydroxylation is 1. The molecule has 0 radical (unpaired) electrons. The fourth-order valence-corrected chi connectivity index (χ4v) is 2.40. The van der Waals surface area contributed by atoms with Gasteiger partial charge in [-0.05, 0) is 36.8 Å². The van der Waals surface area contributed by atoms with Crippen LogP contribution in [0.15, 0.2) is 42.6 Å². The van der Waals surface area contributed by atoms with Crippen LogP contribution in [-0.2, 0) is 0 Å². The third-order valence-corrected chi connectivity index (χ3v) is 3.38. The molecule has 0 bridgehead atoms. The van der Waals surface area contributed by atoms with Gasteiger partial charge in [-0.2, -0.15) is 0 Å². The number of halogens is 1. The first-order valence-corrected chi connectivity index (χ1v) is 6.36. The smallest absolute Gasteiger partial charge is 0.155 e. The van der Waals surface area contributed by atoms with Gasteiger partial charge in [-0.3, -0.25) is 4.40 Å². The third kappa shape index (κ3) is 1.96. The molecule has 0 atom stereocenters. The van der Waals surface area contributed by atoms with Gasteiger partial charge < -0.3 is 4.74 Å². The van der Waals surface area contributed by atoms with E-state index in [0.29, 0.717) is 5.15 Å². The number of hydrogen-bond donors (Lipinski definition) is 0. The number of rotatable bonds is 2. The fourth-order valence-electron chi connectivity index (χ4n) is 2.17. The van der Waals surface area contributed by atoms with Crippen LogP contribution in [0.2, 0.25) is 5.15 Å². The van der Waals surface area contributed by atoms with E-state index >= 15 is 0 Å². The normalized spacial score (nSPS) is 10.9. The number of methoxy groups -OCH3 is 1. The van der Waals surface area contributed by atoms with Crippen LogP contribution in [0.5, 0.6) is 5.75 Å². The topological polar surface area (TPSA) is 26.5 Å². The molecule has 4 heteroatoms. The van der Waals surface area contributed by atoms with E-state index in [0.717, 1.165) is 28.2 Å². The molecule has 3 nitrogen and oxygen atoms in total. The summed E-state index contributed by atoms with van der Waals surface area (Å²) in [5, 5.41) is 0.504. The minimum absolute atomic E-state index is 0.504. The standard InChI is InChI=1S/C15H13ClN2O/c1-10-7-8-18-12(9-10)14(16)17-15(18)11-5-3-4-6-13(11)19-2/h3-9H,1-2H3. The summed E-state index contributed by atoms with van der Waals surface area (Å²) in [4.78, 5) is 4.46. The molecule has 0 amide bonds. The van der Waals surface area contributed by atoms with Gasteiger partial charge in [0.15, 0.2) is 5.15 Å². The minimum atomic E-state index is 0.504. The molecule has 96 valence electrons. The second-order valence-corrected chi connectivity index (χ2v) is 4.74. The van der Waals surface area contributed by atoms with Crippen LogP contribution in [0, 0.1) is 6.92 Å². The molecule has 2 heterocycles. The highest BCUT2D eigenvalue weighted by molar-refractivity contribution is 6.33. The third-order valence-electron chi connectivity index (χ3n) is 3.10. The SMILES string of the molecule is COc1ccccc1-c1nc(Cl)c2cc(C)ccn12. The van der Waals surface area contributed by atoms with E-state index in [-0.39, 0.29) is 0 Å². The van der Waals surface area contributed by atoms with E-state index in [9.17, 15) is 0 Å². The quantitative estimate of drug-likeness (QED) is 0.706. The summed E-state index contributed by atoms with van der Waals surface area (Å²) in [6, 6.07) is 11.8. The Bertz CT molecular complexity index is 749. The van der Waals surface area contributed by atoms with Gasteiger partial charge in [0.1, 0.15) is 11.6 Å². The Labute approximate surface area is 116 Å². The number of hydrogen-bond acceptors (Lipinski definition) is 2. The molecule has 0 aliphatic rings. The van der Waals surface area contributed by atoms with Crippen molar-refractivity contribution >= 4 is 17.1 Å². The van der Waals surface area contributed by atoms with Crippen LogP contribution in [0.25, 0.3) is 16.9 Å². The molecular formula is C15H13ClN2O. The molecule has 0 aliphatic heterocycles. The van der Waals surface area contributed by atoms with Crippen molar-refractivity contribution in [1.82, 2.24) is 9.38 Å². The summed E-state index contributed by atoms with van der Waals surface area (Å²) in [5.74, 6) is 1.57. The molecule has 0 fully saturated rings. The number of pyridine rings is 1. The molecule has 1 aromatic carbocycles. The van der Waals surface area contributed by atoms with Gasteiger partial charge in [-0.15, -0.1) is 0 Å². The highest BCUT2D eigenvalue weighted by atomic mass is 35.5. The minimum Gasteiger partial charge on any atom is -0.496 e. The number of nitrogens with zero attached hydrogens (tertiary/aromatic N) is 2. The fraction of sp³-hybridized carbons (Fsp3) is 0.133. The first-order chi connectivity index (χ1) is 9.20. The van der Waals surface area contributed by atoms with Crippen LogP contribution < -0.4 is 4.74 Å². The van der Waals surface area contributed by atoms with Gasteiger partial charge in [-0.25, -0.2) is 4.98 Å². The average molecular weight is 273 g/mol.